The second-order valence-electron chi connectivity index (χ2n) is 6.75. The van der Waals surface area contributed by atoms with Crippen LogP contribution in [0.2, 0.25) is 0 Å². The Morgan fingerprint density at radius 3 is 2.40 bits per heavy atom. The maximum Gasteiger partial charge on any atom is 0.157 e. The third-order valence-electron chi connectivity index (χ3n) is 4.58. The van der Waals surface area contributed by atoms with E-state index in [1.807, 2.05) is 12.1 Å². The number of hydrogen-bond acceptors (Lipinski definition) is 4. The number of aliphatic hydroxyl groups excluding tert-OH is 1. The lowest BCUT2D eigenvalue weighted by Gasteiger charge is -2.22. The van der Waals surface area contributed by atoms with Gasteiger partial charge in [0.2, 0.25) is 0 Å². The molecule has 0 bridgehead atoms. The molecule has 1 heterocycles. The van der Waals surface area contributed by atoms with Crippen LogP contribution in [0.1, 0.15) is 63.4 Å². The summed E-state index contributed by atoms with van der Waals surface area (Å²) in [4.78, 5) is 0. The van der Waals surface area contributed by atoms with Gasteiger partial charge in [-0.2, -0.15) is 0 Å². The van der Waals surface area contributed by atoms with Gasteiger partial charge in [-0.25, -0.2) is 0 Å². The molecule has 0 amide bonds. The molecule has 1 aromatic rings. The normalized spacial score (nSPS) is 17.6. The fourth-order valence-electron chi connectivity index (χ4n) is 3.01. The van der Waals surface area contributed by atoms with E-state index in [0.29, 0.717) is 13.2 Å². The Morgan fingerprint density at radius 1 is 0.920 bits per heavy atom. The molecule has 1 N–H and O–H groups in total. The van der Waals surface area contributed by atoms with E-state index in [9.17, 15) is 0 Å². The van der Waals surface area contributed by atoms with Gasteiger partial charge in [0.15, 0.2) is 6.29 Å². The van der Waals surface area contributed by atoms with Crippen LogP contribution in [0.3, 0.4) is 0 Å². The highest BCUT2D eigenvalue weighted by Gasteiger charge is 2.13. The van der Waals surface area contributed by atoms with Gasteiger partial charge in [-0.05, 0) is 56.2 Å². The molecule has 0 aromatic heterocycles. The number of benzene rings is 1. The largest absolute Gasteiger partial charge is 0.494 e. The van der Waals surface area contributed by atoms with E-state index in [2.05, 4.69) is 12.1 Å². The van der Waals surface area contributed by atoms with Crippen molar-refractivity contribution in [2.75, 3.05) is 26.4 Å². The number of unbranched alkanes of at least 4 members (excludes halogenated alkanes) is 5. The van der Waals surface area contributed by atoms with E-state index in [0.717, 1.165) is 57.5 Å². The SMILES string of the molecule is OCCCCCCCCOc1ccc(CCOC2CCCCO2)cc1. The van der Waals surface area contributed by atoms with E-state index in [-0.39, 0.29) is 6.29 Å². The minimum Gasteiger partial charge on any atom is -0.494 e. The Bertz CT molecular complexity index is 426. The van der Waals surface area contributed by atoms with Crippen molar-refractivity contribution in [3.8, 4) is 5.75 Å². The molecule has 1 aliphatic heterocycles. The quantitative estimate of drug-likeness (QED) is 0.533. The van der Waals surface area contributed by atoms with Crippen molar-refractivity contribution >= 4 is 0 Å². The summed E-state index contributed by atoms with van der Waals surface area (Å²) in [5.74, 6) is 0.945. The minimum absolute atomic E-state index is 0.00000391. The van der Waals surface area contributed by atoms with Gasteiger partial charge in [0, 0.05) is 13.2 Å². The number of hydrogen-bond donors (Lipinski definition) is 1. The minimum atomic E-state index is -0.00000391. The monoisotopic (exact) mass is 350 g/mol. The molecule has 25 heavy (non-hydrogen) atoms. The standard InChI is InChI=1S/C21H34O4/c22-15-6-3-1-2-4-7-16-23-20-12-10-19(11-13-20)14-18-25-21-9-5-8-17-24-21/h10-13,21-22H,1-9,14-18H2. The maximum absolute atomic E-state index is 8.73. The van der Waals surface area contributed by atoms with Crippen LogP contribution in [0.5, 0.6) is 5.75 Å². The molecule has 1 aromatic carbocycles. The van der Waals surface area contributed by atoms with E-state index in [4.69, 9.17) is 19.3 Å². The summed E-state index contributed by atoms with van der Waals surface area (Å²) in [7, 11) is 0. The third-order valence-corrected chi connectivity index (χ3v) is 4.58. The topological polar surface area (TPSA) is 47.9 Å². The molecular formula is C21H34O4. The van der Waals surface area contributed by atoms with Crippen molar-refractivity contribution in [1.29, 1.82) is 0 Å². The third kappa shape index (κ3) is 9.24. The Kier molecular flexibility index (Phi) is 10.6. The Morgan fingerprint density at radius 2 is 1.68 bits per heavy atom. The van der Waals surface area contributed by atoms with E-state index >= 15 is 0 Å². The molecule has 1 atom stereocenters. The molecule has 0 radical (unpaired) electrons. The zero-order chi connectivity index (χ0) is 17.6. The summed E-state index contributed by atoms with van der Waals surface area (Å²) in [6, 6.07) is 8.34. The highest BCUT2D eigenvalue weighted by atomic mass is 16.7. The molecule has 4 heteroatoms. The average molecular weight is 350 g/mol. The van der Waals surface area contributed by atoms with Crippen LogP contribution >= 0.6 is 0 Å². The van der Waals surface area contributed by atoms with Gasteiger partial charge in [0.05, 0.1) is 13.2 Å². The highest BCUT2D eigenvalue weighted by Crippen LogP contribution is 2.16. The van der Waals surface area contributed by atoms with Crippen molar-refractivity contribution in [2.45, 2.75) is 70.5 Å². The zero-order valence-electron chi connectivity index (χ0n) is 15.5. The van der Waals surface area contributed by atoms with Crippen molar-refractivity contribution in [3.05, 3.63) is 29.8 Å². The predicted octanol–water partition coefficient (Wildman–Crippen LogP) is 4.48. The summed E-state index contributed by atoms with van der Waals surface area (Å²) in [6.07, 6.45) is 11.1. The zero-order valence-corrected chi connectivity index (χ0v) is 15.5. The molecule has 2 rings (SSSR count). The first-order valence-corrected chi connectivity index (χ1v) is 9.94. The van der Waals surface area contributed by atoms with Crippen molar-refractivity contribution in [2.24, 2.45) is 0 Å². The van der Waals surface area contributed by atoms with Crippen LogP contribution in [-0.2, 0) is 15.9 Å². The Hall–Kier alpha value is -1.10. The van der Waals surface area contributed by atoms with Gasteiger partial charge in [-0.1, -0.05) is 37.8 Å². The predicted molar refractivity (Wildman–Crippen MR) is 100.0 cm³/mol. The molecule has 1 unspecified atom stereocenters. The second kappa shape index (κ2) is 13.2. The summed E-state index contributed by atoms with van der Waals surface area (Å²) in [5.41, 5.74) is 1.27. The van der Waals surface area contributed by atoms with Gasteiger partial charge < -0.3 is 19.3 Å². The molecule has 4 nitrogen and oxygen atoms in total. The van der Waals surface area contributed by atoms with Crippen molar-refractivity contribution in [1.82, 2.24) is 0 Å². The molecule has 1 saturated heterocycles. The highest BCUT2D eigenvalue weighted by molar-refractivity contribution is 5.27. The van der Waals surface area contributed by atoms with E-state index in [1.165, 1.54) is 31.2 Å². The lowest BCUT2D eigenvalue weighted by molar-refractivity contribution is -0.161. The molecule has 1 fully saturated rings. The summed E-state index contributed by atoms with van der Waals surface area (Å²) in [6.45, 7) is 2.64. The van der Waals surface area contributed by atoms with Gasteiger partial charge in [-0.3, -0.25) is 0 Å². The van der Waals surface area contributed by atoms with Crippen molar-refractivity contribution in [3.63, 3.8) is 0 Å². The lowest BCUT2D eigenvalue weighted by Crippen LogP contribution is -2.23. The molecule has 1 aliphatic rings. The number of ether oxygens (including phenoxy) is 3. The lowest BCUT2D eigenvalue weighted by atomic mass is 10.1. The van der Waals surface area contributed by atoms with E-state index in [1.54, 1.807) is 0 Å². The van der Waals surface area contributed by atoms with E-state index < -0.39 is 0 Å². The Balaban J connectivity index is 1.50. The van der Waals surface area contributed by atoms with Gasteiger partial charge in [0.1, 0.15) is 5.75 Å². The van der Waals surface area contributed by atoms with Gasteiger partial charge in [0.25, 0.3) is 0 Å². The first kappa shape index (κ1) is 20.2. The molecular weight excluding hydrogens is 316 g/mol. The van der Waals surface area contributed by atoms with Crippen LogP contribution in [0.4, 0.5) is 0 Å². The second-order valence-corrected chi connectivity index (χ2v) is 6.75. The summed E-state index contributed by atoms with van der Waals surface area (Å²) < 4.78 is 17.1. The van der Waals surface area contributed by atoms with Crippen LogP contribution in [0.15, 0.2) is 24.3 Å². The number of aliphatic hydroxyl groups is 1. The van der Waals surface area contributed by atoms with Gasteiger partial charge in [-0.15, -0.1) is 0 Å². The molecule has 0 saturated carbocycles. The van der Waals surface area contributed by atoms with Crippen LogP contribution in [0.25, 0.3) is 0 Å². The summed E-state index contributed by atoms with van der Waals surface area (Å²) in [5, 5.41) is 8.73. The fraction of sp³-hybridized carbons (Fsp3) is 0.714. The van der Waals surface area contributed by atoms with Gasteiger partial charge >= 0.3 is 0 Å². The van der Waals surface area contributed by atoms with Crippen molar-refractivity contribution < 1.29 is 19.3 Å². The average Bonchev–Trinajstić information content (AvgIpc) is 2.66. The summed E-state index contributed by atoms with van der Waals surface area (Å²) >= 11 is 0. The molecule has 0 aliphatic carbocycles. The number of rotatable bonds is 13. The maximum atomic E-state index is 8.73. The van der Waals surface area contributed by atoms with Crippen LogP contribution in [-0.4, -0.2) is 37.8 Å². The van der Waals surface area contributed by atoms with Crippen LogP contribution < -0.4 is 4.74 Å². The molecule has 0 spiro atoms. The van der Waals surface area contributed by atoms with Crippen LogP contribution in [0, 0.1) is 0 Å². The smallest absolute Gasteiger partial charge is 0.157 e. The fourth-order valence-corrected chi connectivity index (χ4v) is 3.01. The molecule has 142 valence electrons. The Labute approximate surface area is 152 Å². The first-order chi connectivity index (χ1) is 12.4. The first-order valence-electron chi connectivity index (χ1n) is 9.94.